The Labute approximate surface area is 205 Å². The van der Waals surface area contributed by atoms with Crippen LogP contribution in [0.4, 0.5) is 11.4 Å². The normalized spacial score (nSPS) is 19.4. The second-order valence-electron chi connectivity index (χ2n) is 8.68. The standard InChI is InChI=1S/C24H22BrN3O5S/c25-18-5-7-19(8-6-18)34(32,33)26-20-11-16(24(30)31)4-9-22(20)27-12-15-10-17(14-27)21-2-1-3-23(29)28(21)13-15/h1-9,11,15,17,26H,10,12-14H2,(H,30,31)/p-1. The lowest BCUT2D eigenvalue weighted by Crippen LogP contribution is -2.47. The molecule has 0 radical (unpaired) electrons. The van der Waals surface area contributed by atoms with Crippen molar-refractivity contribution < 1.29 is 18.3 Å². The van der Waals surface area contributed by atoms with Gasteiger partial charge in [-0.15, -0.1) is 0 Å². The molecule has 8 nitrogen and oxygen atoms in total. The first-order valence-corrected chi connectivity index (χ1v) is 13.1. The highest BCUT2D eigenvalue weighted by atomic mass is 79.9. The Hall–Kier alpha value is -3.11. The number of piperidine rings is 1. The van der Waals surface area contributed by atoms with Gasteiger partial charge in [0.2, 0.25) is 0 Å². The van der Waals surface area contributed by atoms with Crippen LogP contribution in [0.3, 0.4) is 0 Å². The van der Waals surface area contributed by atoms with E-state index in [4.69, 9.17) is 0 Å². The quantitative estimate of drug-likeness (QED) is 0.529. The molecule has 5 rings (SSSR count). The third kappa shape index (κ3) is 4.23. The van der Waals surface area contributed by atoms with Crippen LogP contribution in [0.15, 0.2) is 74.8 Å². The zero-order chi connectivity index (χ0) is 24.0. The molecule has 2 aromatic carbocycles. The molecule has 1 N–H and O–H groups in total. The highest BCUT2D eigenvalue weighted by Crippen LogP contribution is 2.39. The van der Waals surface area contributed by atoms with E-state index >= 15 is 0 Å². The number of carbonyl (C=O) groups is 1. The number of aromatic carboxylic acids is 1. The molecular formula is C24H21BrN3O5S-. The van der Waals surface area contributed by atoms with Crippen molar-refractivity contribution in [3.8, 4) is 0 Å². The fourth-order valence-electron chi connectivity index (χ4n) is 4.93. The number of benzene rings is 2. The van der Waals surface area contributed by atoms with Gasteiger partial charge < -0.3 is 19.4 Å². The SMILES string of the molecule is O=C([O-])c1ccc(N2CC3CC(C2)c2cccc(=O)n2C3)c(NS(=O)(=O)c2ccc(Br)cc2)c1. The molecule has 2 atom stereocenters. The van der Waals surface area contributed by atoms with E-state index in [2.05, 4.69) is 25.6 Å². The fourth-order valence-corrected chi connectivity index (χ4v) is 6.26. The minimum Gasteiger partial charge on any atom is -0.545 e. The first-order valence-electron chi connectivity index (χ1n) is 10.8. The number of aromatic nitrogens is 1. The van der Waals surface area contributed by atoms with E-state index in [0.29, 0.717) is 25.3 Å². The van der Waals surface area contributed by atoms with Crippen LogP contribution in [0.25, 0.3) is 0 Å². The smallest absolute Gasteiger partial charge is 0.261 e. The Morgan fingerprint density at radius 1 is 1.03 bits per heavy atom. The van der Waals surface area contributed by atoms with Gasteiger partial charge in [0.1, 0.15) is 0 Å². The molecule has 2 unspecified atom stereocenters. The number of rotatable bonds is 5. The van der Waals surface area contributed by atoms with Gasteiger partial charge in [-0.1, -0.05) is 28.1 Å². The van der Waals surface area contributed by atoms with Crippen LogP contribution in [0.2, 0.25) is 0 Å². The Kier molecular flexibility index (Phi) is 5.73. The molecule has 3 aromatic rings. The number of halogens is 1. The summed E-state index contributed by atoms with van der Waals surface area (Å²) in [5.74, 6) is -1.07. The summed E-state index contributed by atoms with van der Waals surface area (Å²) in [6.07, 6.45) is 0.942. The van der Waals surface area contributed by atoms with Crippen LogP contribution < -0.4 is 20.3 Å². The van der Waals surface area contributed by atoms with Crippen molar-refractivity contribution in [1.29, 1.82) is 0 Å². The van der Waals surface area contributed by atoms with Gasteiger partial charge in [-0.2, -0.15) is 0 Å². The second kappa shape index (κ2) is 8.59. The number of sulfonamides is 1. The minimum absolute atomic E-state index is 0.0121. The van der Waals surface area contributed by atoms with Crippen molar-refractivity contribution in [3.63, 3.8) is 0 Å². The number of hydrogen-bond donors (Lipinski definition) is 1. The zero-order valence-electron chi connectivity index (χ0n) is 18.0. The van der Waals surface area contributed by atoms with Gasteiger partial charge in [-0.25, -0.2) is 8.42 Å². The lowest BCUT2D eigenvalue weighted by molar-refractivity contribution is -0.255. The van der Waals surface area contributed by atoms with Crippen LogP contribution in [0.5, 0.6) is 0 Å². The molecule has 2 aliphatic rings. The van der Waals surface area contributed by atoms with Gasteiger partial charge >= 0.3 is 0 Å². The second-order valence-corrected chi connectivity index (χ2v) is 11.3. The number of nitrogens with zero attached hydrogens (tertiary/aromatic N) is 2. The van der Waals surface area contributed by atoms with Crippen molar-refractivity contribution in [2.75, 3.05) is 22.7 Å². The zero-order valence-corrected chi connectivity index (χ0v) is 20.4. The summed E-state index contributed by atoms with van der Waals surface area (Å²) in [5.41, 5.74) is 1.60. The van der Waals surface area contributed by atoms with E-state index in [9.17, 15) is 23.1 Å². The van der Waals surface area contributed by atoms with E-state index in [1.807, 2.05) is 10.6 Å². The maximum atomic E-state index is 13.1. The maximum absolute atomic E-state index is 13.1. The summed E-state index contributed by atoms with van der Waals surface area (Å²) < 4.78 is 31.3. The summed E-state index contributed by atoms with van der Waals surface area (Å²) in [6.45, 7) is 1.80. The molecule has 0 saturated carbocycles. The highest BCUT2D eigenvalue weighted by molar-refractivity contribution is 9.10. The van der Waals surface area contributed by atoms with Gasteiger partial charge in [0, 0.05) is 41.8 Å². The van der Waals surface area contributed by atoms with Crippen LogP contribution in [0.1, 0.15) is 28.4 Å². The number of nitrogens with one attached hydrogen (secondary N) is 1. The molecule has 0 aliphatic carbocycles. The third-order valence-corrected chi connectivity index (χ3v) is 8.33. The number of carboxylic acid groups (broad SMARTS) is 1. The molecule has 3 heterocycles. The van der Waals surface area contributed by atoms with Crippen molar-refractivity contribution >= 4 is 43.3 Å². The number of carboxylic acids is 1. The average molecular weight is 543 g/mol. The largest absolute Gasteiger partial charge is 0.545 e. The Morgan fingerprint density at radius 3 is 2.53 bits per heavy atom. The van der Waals surface area contributed by atoms with Gasteiger partial charge in [0.25, 0.3) is 15.6 Å². The van der Waals surface area contributed by atoms with Crippen LogP contribution in [-0.4, -0.2) is 32.0 Å². The molecule has 10 heteroatoms. The fraction of sp³-hybridized carbons (Fsp3) is 0.250. The lowest BCUT2D eigenvalue weighted by atomic mass is 9.83. The van der Waals surface area contributed by atoms with Gasteiger partial charge in [0.05, 0.1) is 22.2 Å². The first kappa shape index (κ1) is 22.7. The predicted molar refractivity (Wildman–Crippen MR) is 129 cm³/mol. The Balaban J connectivity index is 1.52. The molecule has 34 heavy (non-hydrogen) atoms. The van der Waals surface area contributed by atoms with Crippen molar-refractivity contribution in [3.05, 3.63) is 86.7 Å². The topological polar surface area (TPSA) is 112 Å². The Morgan fingerprint density at radius 2 is 1.79 bits per heavy atom. The number of anilines is 2. The molecule has 176 valence electrons. The van der Waals surface area contributed by atoms with Gasteiger partial charge in [0.15, 0.2) is 0 Å². The van der Waals surface area contributed by atoms with Crippen molar-refractivity contribution in [2.24, 2.45) is 5.92 Å². The molecule has 1 fully saturated rings. The number of pyridine rings is 1. The van der Waals surface area contributed by atoms with Crippen LogP contribution >= 0.6 is 15.9 Å². The lowest BCUT2D eigenvalue weighted by Gasteiger charge is -2.44. The summed E-state index contributed by atoms with van der Waals surface area (Å²) in [5, 5.41) is 11.5. The van der Waals surface area contributed by atoms with Crippen molar-refractivity contribution in [1.82, 2.24) is 4.57 Å². The predicted octanol–water partition coefficient (Wildman–Crippen LogP) is 2.40. The average Bonchev–Trinajstić information content (AvgIpc) is 2.79. The van der Waals surface area contributed by atoms with Crippen molar-refractivity contribution in [2.45, 2.75) is 23.8 Å². The van der Waals surface area contributed by atoms with E-state index < -0.39 is 16.0 Å². The van der Waals surface area contributed by atoms with E-state index in [0.717, 1.165) is 16.6 Å². The molecule has 0 amide bonds. The molecule has 2 bridgehead atoms. The van der Waals surface area contributed by atoms with Crippen LogP contribution in [0, 0.1) is 5.92 Å². The van der Waals surface area contributed by atoms with E-state index in [1.54, 1.807) is 30.3 Å². The van der Waals surface area contributed by atoms with E-state index in [1.165, 1.54) is 24.3 Å². The molecular weight excluding hydrogens is 522 g/mol. The summed E-state index contributed by atoms with van der Waals surface area (Å²) >= 11 is 3.29. The number of carbonyl (C=O) groups excluding carboxylic acids is 1. The number of fused-ring (bicyclic) bond motifs is 4. The monoisotopic (exact) mass is 542 g/mol. The third-order valence-electron chi connectivity index (χ3n) is 6.42. The minimum atomic E-state index is -3.96. The van der Waals surface area contributed by atoms with E-state index in [-0.39, 0.29) is 33.5 Å². The highest BCUT2D eigenvalue weighted by Gasteiger charge is 2.35. The van der Waals surface area contributed by atoms with Crippen LogP contribution in [-0.2, 0) is 16.6 Å². The van der Waals surface area contributed by atoms with Gasteiger partial charge in [-0.3, -0.25) is 9.52 Å². The maximum Gasteiger partial charge on any atom is 0.261 e. The first-order chi connectivity index (χ1) is 16.2. The molecule has 2 aliphatic heterocycles. The Bertz CT molecular complexity index is 1440. The summed E-state index contributed by atoms with van der Waals surface area (Å²) in [7, 11) is -3.96. The summed E-state index contributed by atoms with van der Waals surface area (Å²) in [4.78, 5) is 26.0. The number of hydrogen-bond acceptors (Lipinski definition) is 6. The molecule has 1 saturated heterocycles. The summed E-state index contributed by atoms with van der Waals surface area (Å²) in [6, 6.07) is 15.8. The molecule has 0 spiro atoms. The van der Waals surface area contributed by atoms with Gasteiger partial charge in [-0.05, 0) is 60.4 Å². The molecule has 1 aromatic heterocycles.